The largest absolute Gasteiger partial charge is 0.480 e. The molecule has 1 unspecified atom stereocenters. The van der Waals surface area contributed by atoms with E-state index in [4.69, 9.17) is 4.74 Å². The lowest BCUT2D eigenvalue weighted by atomic mass is 9.98. The Kier molecular flexibility index (Phi) is 8.65. The van der Waals surface area contributed by atoms with Gasteiger partial charge in [-0.05, 0) is 59.2 Å². The fourth-order valence-electron chi connectivity index (χ4n) is 4.43. The predicted molar refractivity (Wildman–Crippen MR) is 140 cm³/mol. The van der Waals surface area contributed by atoms with Gasteiger partial charge in [-0.2, -0.15) is 0 Å². The Hall–Kier alpha value is -4.46. The molecule has 1 aliphatic carbocycles. The van der Waals surface area contributed by atoms with Crippen LogP contribution in [-0.2, 0) is 14.3 Å². The van der Waals surface area contributed by atoms with E-state index in [1.807, 2.05) is 54.6 Å². The van der Waals surface area contributed by atoms with Gasteiger partial charge in [0.15, 0.2) is 0 Å². The number of pyridine rings is 1. The molecule has 3 N–H and O–H groups in total. The second kappa shape index (κ2) is 12.5. The number of aromatic nitrogens is 1. The number of hydrogen-bond acceptors (Lipinski definition) is 5. The predicted octanol–water partition coefficient (Wildman–Crippen LogP) is 4.37. The van der Waals surface area contributed by atoms with E-state index in [1.54, 1.807) is 24.5 Å². The summed E-state index contributed by atoms with van der Waals surface area (Å²) >= 11 is 0. The van der Waals surface area contributed by atoms with Crippen LogP contribution < -0.4 is 10.6 Å². The Morgan fingerprint density at radius 3 is 2.32 bits per heavy atom. The van der Waals surface area contributed by atoms with Gasteiger partial charge in [0, 0.05) is 30.9 Å². The Bertz CT molecular complexity index is 1230. The van der Waals surface area contributed by atoms with Crippen molar-refractivity contribution in [3.05, 3.63) is 95.8 Å². The van der Waals surface area contributed by atoms with E-state index in [-0.39, 0.29) is 24.9 Å². The minimum atomic E-state index is -1.13. The van der Waals surface area contributed by atoms with Crippen molar-refractivity contribution in [1.29, 1.82) is 0 Å². The molecule has 2 amide bonds. The fraction of sp³-hybridized carbons (Fsp3) is 0.241. The highest BCUT2D eigenvalue weighted by Crippen LogP contribution is 2.44. The molecule has 3 aromatic rings. The zero-order valence-electron chi connectivity index (χ0n) is 20.3. The van der Waals surface area contributed by atoms with Crippen molar-refractivity contribution in [3.8, 4) is 11.1 Å². The summed E-state index contributed by atoms with van der Waals surface area (Å²) in [6.45, 7) is 0.512. The molecule has 1 aromatic heterocycles. The SMILES string of the molecule is O=C(/C=C/c1cccnc1)NCCCCC(NC(=O)OCC1c2ccccc2-c2ccccc21)C(=O)O. The van der Waals surface area contributed by atoms with Crippen LogP contribution in [0.1, 0.15) is 41.9 Å². The number of carboxylic acids is 1. The molecule has 0 saturated heterocycles. The highest BCUT2D eigenvalue weighted by atomic mass is 16.5. The van der Waals surface area contributed by atoms with Crippen molar-refractivity contribution < 1.29 is 24.2 Å². The van der Waals surface area contributed by atoms with Crippen molar-refractivity contribution in [3.63, 3.8) is 0 Å². The first kappa shape index (κ1) is 25.6. The number of carboxylic acid groups (broad SMARTS) is 1. The van der Waals surface area contributed by atoms with Crippen LogP contribution in [0.3, 0.4) is 0 Å². The molecule has 1 heterocycles. The molecule has 8 nitrogen and oxygen atoms in total. The first-order valence-corrected chi connectivity index (χ1v) is 12.2. The molecule has 0 saturated carbocycles. The third-order valence-electron chi connectivity index (χ3n) is 6.26. The molecular weight excluding hydrogens is 470 g/mol. The zero-order chi connectivity index (χ0) is 26.0. The quantitative estimate of drug-likeness (QED) is 0.266. The van der Waals surface area contributed by atoms with Crippen LogP contribution in [0.25, 0.3) is 17.2 Å². The molecule has 190 valence electrons. The van der Waals surface area contributed by atoms with Gasteiger partial charge in [0.1, 0.15) is 12.6 Å². The lowest BCUT2D eigenvalue weighted by molar-refractivity contribution is -0.139. The minimum Gasteiger partial charge on any atom is -0.480 e. The first-order chi connectivity index (χ1) is 18.0. The number of rotatable bonds is 11. The van der Waals surface area contributed by atoms with Crippen molar-refractivity contribution in [2.75, 3.05) is 13.2 Å². The highest BCUT2D eigenvalue weighted by molar-refractivity contribution is 5.91. The maximum Gasteiger partial charge on any atom is 0.407 e. The number of fused-ring (bicyclic) bond motifs is 3. The smallest absolute Gasteiger partial charge is 0.407 e. The Labute approximate surface area is 215 Å². The summed E-state index contributed by atoms with van der Waals surface area (Å²) < 4.78 is 5.46. The Morgan fingerprint density at radius 2 is 1.68 bits per heavy atom. The van der Waals surface area contributed by atoms with Gasteiger partial charge in [-0.3, -0.25) is 9.78 Å². The maximum absolute atomic E-state index is 12.4. The second-order valence-electron chi connectivity index (χ2n) is 8.77. The molecule has 0 radical (unpaired) electrons. The third kappa shape index (κ3) is 6.82. The van der Waals surface area contributed by atoms with Gasteiger partial charge in [-0.15, -0.1) is 0 Å². The van der Waals surface area contributed by atoms with E-state index >= 15 is 0 Å². The van der Waals surface area contributed by atoms with Gasteiger partial charge in [-0.25, -0.2) is 9.59 Å². The molecule has 0 spiro atoms. The third-order valence-corrected chi connectivity index (χ3v) is 6.26. The lowest BCUT2D eigenvalue weighted by Gasteiger charge is -2.17. The average Bonchev–Trinajstić information content (AvgIpc) is 3.24. The molecule has 0 fully saturated rings. The molecule has 8 heteroatoms. The van der Waals surface area contributed by atoms with Gasteiger partial charge < -0.3 is 20.5 Å². The van der Waals surface area contributed by atoms with Crippen LogP contribution in [0.15, 0.2) is 79.1 Å². The van der Waals surface area contributed by atoms with Crippen LogP contribution in [0.4, 0.5) is 4.79 Å². The number of ether oxygens (including phenoxy) is 1. The Morgan fingerprint density at radius 1 is 0.973 bits per heavy atom. The number of amides is 2. The first-order valence-electron chi connectivity index (χ1n) is 12.2. The summed E-state index contributed by atoms with van der Waals surface area (Å²) in [6, 6.07) is 18.6. The highest BCUT2D eigenvalue weighted by Gasteiger charge is 2.29. The van der Waals surface area contributed by atoms with Crippen LogP contribution in [-0.4, -0.2) is 47.3 Å². The van der Waals surface area contributed by atoms with Crippen LogP contribution in [0, 0.1) is 0 Å². The molecule has 1 aliphatic rings. The van der Waals surface area contributed by atoms with E-state index in [1.165, 1.54) is 6.08 Å². The van der Waals surface area contributed by atoms with E-state index < -0.39 is 18.1 Å². The molecular formula is C29H29N3O5. The Balaban J connectivity index is 1.20. The topological polar surface area (TPSA) is 118 Å². The normalized spacial score (nSPS) is 13.0. The summed E-state index contributed by atoms with van der Waals surface area (Å²) in [4.78, 5) is 40.0. The van der Waals surface area contributed by atoms with Gasteiger partial charge in [-0.1, -0.05) is 54.6 Å². The molecule has 0 bridgehead atoms. The summed E-state index contributed by atoms with van der Waals surface area (Å²) in [5, 5.41) is 14.8. The minimum absolute atomic E-state index is 0.0998. The number of aliphatic carboxylic acids is 1. The van der Waals surface area contributed by atoms with Gasteiger partial charge in [0.25, 0.3) is 0 Å². The van der Waals surface area contributed by atoms with Gasteiger partial charge >= 0.3 is 12.1 Å². The zero-order valence-corrected chi connectivity index (χ0v) is 20.3. The maximum atomic E-state index is 12.4. The summed E-state index contributed by atoms with van der Waals surface area (Å²) in [5.74, 6) is -1.47. The van der Waals surface area contributed by atoms with Crippen LogP contribution in [0.5, 0.6) is 0 Å². The molecule has 2 aromatic carbocycles. The molecule has 37 heavy (non-hydrogen) atoms. The van der Waals surface area contributed by atoms with E-state index in [9.17, 15) is 19.5 Å². The fourth-order valence-corrected chi connectivity index (χ4v) is 4.43. The van der Waals surface area contributed by atoms with E-state index in [0.717, 1.165) is 27.8 Å². The summed E-state index contributed by atoms with van der Waals surface area (Å²) in [6.07, 6.45) is 6.94. The average molecular weight is 500 g/mol. The van der Waals surface area contributed by atoms with Gasteiger partial charge in [0.05, 0.1) is 0 Å². The number of hydrogen-bond donors (Lipinski definition) is 3. The number of benzene rings is 2. The van der Waals surface area contributed by atoms with Crippen molar-refractivity contribution >= 4 is 24.0 Å². The lowest BCUT2D eigenvalue weighted by Crippen LogP contribution is -2.41. The van der Waals surface area contributed by atoms with Gasteiger partial charge in [0.2, 0.25) is 5.91 Å². The van der Waals surface area contributed by atoms with Crippen molar-refractivity contribution in [2.45, 2.75) is 31.2 Å². The molecule has 4 rings (SSSR count). The second-order valence-corrected chi connectivity index (χ2v) is 8.77. The van der Waals surface area contributed by atoms with Crippen molar-refractivity contribution in [1.82, 2.24) is 15.6 Å². The number of nitrogens with zero attached hydrogens (tertiary/aromatic N) is 1. The molecule has 1 atom stereocenters. The number of unbranched alkanes of at least 4 members (excludes halogenated alkanes) is 1. The number of nitrogens with one attached hydrogen (secondary N) is 2. The van der Waals surface area contributed by atoms with Crippen molar-refractivity contribution in [2.24, 2.45) is 0 Å². The summed E-state index contributed by atoms with van der Waals surface area (Å²) in [7, 11) is 0. The monoisotopic (exact) mass is 499 g/mol. The van der Waals surface area contributed by atoms with E-state index in [2.05, 4.69) is 15.6 Å². The number of carbonyl (C=O) groups excluding carboxylic acids is 2. The summed E-state index contributed by atoms with van der Waals surface area (Å²) in [5.41, 5.74) is 5.24. The van der Waals surface area contributed by atoms with Crippen LogP contribution in [0.2, 0.25) is 0 Å². The molecule has 0 aliphatic heterocycles. The van der Waals surface area contributed by atoms with E-state index in [0.29, 0.717) is 19.4 Å². The standard InChI is InChI=1S/C29H29N3O5/c33-27(15-14-20-8-7-16-30-18-20)31-17-6-5-13-26(28(34)35)32-29(36)37-19-25-23-11-3-1-9-21(23)22-10-2-4-12-24(22)25/h1-4,7-12,14-16,18,25-26H,5-6,13,17,19H2,(H,31,33)(H,32,36)(H,34,35)/b15-14+. The van der Waals surface area contributed by atoms with Crippen LogP contribution >= 0.6 is 0 Å². The number of carbonyl (C=O) groups is 3. The number of alkyl carbamates (subject to hydrolysis) is 1.